The first-order valence-electron chi connectivity index (χ1n) is 7.42. The van der Waals surface area contributed by atoms with Crippen LogP contribution in [0.2, 0.25) is 0 Å². The van der Waals surface area contributed by atoms with Crippen molar-refractivity contribution >= 4 is 41.5 Å². The van der Waals surface area contributed by atoms with Gasteiger partial charge >= 0.3 is 0 Å². The van der Waals surface area contributed by atoms with Crippen LogP contribution in [-0.4, -0.2) is 51.6 Å². The summed E-state index contributed by atoms with van der Waals surface area (Å²) in [5, 5.41) is 8.54. The average molecular weight is 453 g/mol. The molecule has 2 rings (SSSR count). The fourth-order valence-corrected chi connectivity index (χ4v) is 2.51. The minimum atomic E-state index is -0.562. The molecule has 1 amide bonds. The fourth-order valence-electron chi connectivity index (χ4n) is 2.51. The quantitative estimate of drug-likeness (QED) is 0.363. The monoisotopic (exact) mass is 453 g/mol. The van der Waals surface area contributed by atoms with Gasteiger partial charge in [0, 0.05) is 33.2 Å². The van der Waals surface area contributed by atoms with Crippen molar-refractivity contribution in [2.75, 3.05) is 38.6 Å². The van der Waals surface area contributed by atoms with Gasteiger partial charge in [-0.05, 0) is 18.6 Å². The molecule has 0 aliphatic carbocycles. The Kier molecular flexibility index (Phi) is 8.16. The summed E-state index contributed by atoms with van der Waals surface area (Å²) in [6.45, 7) is 1.11. The van der Waals surface area contributed by atoms with Gasteiger partial charge in [-0.25, -0.2) is 8.78 Å². The summed E-state index contributed by atoms with van der Waals surface area (Å²) in [6.07, 6.45) is 0.717. The molecule has 1 aromatic carbocycles. The summed E-state index contributed by atoms with van der Waals surface area (Å²) in [4.78, 5) is 16.9. The van der Waals surface area contributed by atoms with Gasteiger partial charge in [-0.15, -0.1) is 24.0 Å². The average Bonchev–Trinajstić information content (AvgIpc) is 2.99. The molecule has 0 spiro atoms. The highest BCUT2D eigenvalue weighted by atomic mass is 127. The molecule has 0 saturated carbocycles. The van der Waals surface area contributed by atoms with E-state index in [0.717, 1.165) is 0 Å². The molecule has 1 unspecified atom stereocenters. The minimum absolute atomic E-state index is 0. The van der Waals surface area contributed by atoms with Crippen LogP contribution in [-0.2, 0) is 4.79 Å². The molecule has 134 valence electrons. The van der Waals surface area contributed by atoms with Gasteiger partial charge < -0.3 is 20.9 Å². The lowest BCUT2D eigenvalue weighted by molar-refractivity contribution is -0.119. The Bertz CT molecular complexity index is 579. The van der Waals surface area contributed by atoms with E-state index in [-0.39, 0.29) is 48.2 Å². The number of benzene rings is 1. The zero-order valence-corrected chi connectivity index (χ0v) is 15.9. The summed E-state index contributed by atoms with van der Waals surface area (Å²) in [6, 6.07) is 3.85. The maximum atomic E-state index is 13.8. The summed E-state index contributed by atoms with van der Waals surface area (Å²) >= 11 is 0. The predicted octanol–water partition coefficient (Wildman–Crippen LogP) is 1.07. The highest BCUT2D eigenvalue weighted by molar-refractivity contribution is 14.0. The zero-order chi connectivity index (χ0) is 16.8. The zero-order valence-electron chi connectivity index (χ0n) is 13.6. The number of rotatable bonds is 4. The molecule has 1 saturated heterocycles. The van der Waals surface area contributed by atoms with Crippen molar-refractivity contribution in [2.24, 2.45) is 4.99 Å². The number of carbonyl (C=O) groups is 1. The largest absolute Gasteiger partial charge is 0.365 e. The lowest BCUT2D eigenvalue weighted by Gasteiger charge is -2.21. The molecule has 3 N–H and O–H groups in total. The lowest BCUT2D eigenvalue weighted by atomic mass is 10.2. The molecule has 0 bridgehead atoms. The number of halogens is 3. The van der Waals surface area contributed by atoms with E-state index in [1.165, 1.54) is 18.2 Å². The van der Waals surface area contributed by atoms with Crippen LogP contribution in [0.15, 0.2) is 23.2 Å². The smallest absolute Gasteiger partial charge is 0.239 e. The maximum absolute atomic E-state index is 13.8. The molecule has 6 nitrogen and oxygen atoms in total. The van der Waals surface area contributed by atoms with Crippen molar-refractivity contribution in [2.45, 2.75) is 12.5 Å². The molecule has 1 heterocycles. The van der Waals surface area contributed by atoms with Crippen LogP contribution >= 0.6 is 24.0 Å². The summed E-state index contributed by atoms with van der Waals surface area (Å²) in [7, 11) is 3.15. The second-order valence-electron chi connectivity index (χ2n) is 5.25. The van der Waals surface area contributed by atoms with E-state index < -0.39 is 11.6 Å². The van der Waals surface area contributed by atoms with Gasteiger partial charge in [0.05, 0.1) is 6.54 Å². The second-order valence-corrected chi connectivity index (χ2v) is 5.25. The number of anilines is 1. The van der Waals surface area contributed by atoms with Gasteiger partial charge in [-0.2, -0.15) is 0 Å². The van der Waals surface area contributed by atoms with Crippen LogP contribution in [0.5, 0.6) is 0 Å². The molecule has 1 aliphatic heterocycles. The number of guanidine groups is 1. The molecule has 1 atom stereocenters. The second kappa shape index (κ2) is 9.60. The molecule has 1 aliphatic rings. The highest BCUT2D eigenvalue weighted by Crippen LogP contribution is 2.26. The van der Waals surface area contributed by atoms with Crippen molar-refractivity contribution in [3.05, 3.63) is 29.8 Å². The first-order chi connectivity index (χ1) is 11.0. The molecule has 1 fully saturated rings. The number of para-hydroxylation sites is 1. The summed E-state index contributed by atoms with van der Waals surface area (Å²) in [5.74, 6) is -0.801. The van der Waals surface area contributed by atoms with Crippen LogP contribution in [0.25, 0.3) is 0 Å². The van der Waals surface area contributed by atoms with Crippen LogP contribution < -0.4 is 20.9 Å². The molecule has 9 heteroatoms. The summed E-state index contributed by atoms with van der Waals surface area (Å²) in [5.41, 5.74) is 0.00473. The van der Waals surface area contributed by atoms with Gasteiger partial charge in [-0.1, -0.05) is 6.07 Å². The Morgan fingerprint density at radius 3 is 2.62 bits per heavy atom. The Labute approximate surface area is 157 Å². The maximum Gasteiger partial charge on any atom is 0.239 e. The topological polar surface area (TPSA) is 68.8 Å². The number of aliphatic imine (C=N–C) groups is 1. The lowest BCUT2D eigenvalue weighted by Crippen LogP contribution is -2.47. The van der Waals surface area contributed by atoms with Crippen LogP contribution in [0.4, 0.5) is 14.5 Å². The third-order valence-electron chi connectivity index (χ3n) is 3.70. The number of likely N-dealkylation sites (N-methyl/N-ethyl adjacent to an activating group) is 1. The van der Waals surface area contributed by atoms with Gasteiger partial charge in [0.15, 0.2) is 5.96 Å². The number of nitrogens with one attached hydrogen (secondary N) is 3. The SMILES string of the molecule is CN=C(NCC(=O)NC)NC1CCN(c2c(F)cccc2F)C1.I. The van der Waals surface area contributed by atoms with Crippen LogP contribution in [0.1, 0.15) is 6.42 Å². The van der Waals surface area contributed by atoms with E-state index in [1.54, 1.807) is 19.0 Å². The number of amides is 1. The fraction of sp³-hybridized carbons (Fsp3) is 0.467. The van der Waals surface area contributed by atoms with E-state index >= 15 is 0 Å². The molecule has 1 aromatic rings. The minimum Gasteiger partial charge on any atom is -0.365 e. The first-order valence-corrected chi connectivity index (χ1v) is 7.42. The highest BCUT2D eigenvalue weighted by Gasteiger charge is 2.27. The van der Waals surface area contributed by atoms with Crippen molar-refractivity contribution in [1.82, 2.24) is 16.0 Å². The Hall–Kier alpha value is -1.65. The number of nitrogens with zero attached hydrogens (tertiary/aromatic N) is 2. The third kappa shape index (κ3) is 5.18. The number of hydrogen-bond acceptors (Lipinski definition) is 3. The van der Waals surface area contributed by atoms with Gasteiger partial charge in [0.25, 0.3) is 0 Å². The normalized spacial score (nSPS) is 17.2. The molecular weight excluding hydrogens is 431 g/mol. The molecule has 0 aromatic heterocycles. The predicted molar refractivity (Wildman–Crippen MR) is 101 cm³/mol. The molecule has 24 heavy (non-hydrogen) atoms. The Morgan fingerprint density at radius 2 is 2.04 bits per heavy atom. The molecular formula is C15H22F2IN5O. The van der Waals surface area contributed by atoms with Crippen molar-refractivity contribution < 1.29 is 13.6 Å². The molecule has 0 radical (unpaired) electrons. The van der Waals surface area contributed by atoms with E-state index in [1.807, 2.05) is 0 Å². The van der Waals surface area contributed by atoms with E-state index in [0.29, 0.717) is 25.5 Å². The van der Waals surface area contributed by atoms with E-state index in [4.69, 9.17) is 0 Å². The Morgan fingerprint density at radius 1 is 1.38 bits per heavy atom. The first kappa shape index (κ1) is 20.4. The van der Waals surface area contributed by atoms with E-state index in [2.05, 4.69) is 20.9 Å². The van der Waals surface area contributed by atoms with Gasteiger partial charge in [0.2, 0.25) is 5.91 Å². The van der Waals surface area contributed by atoms with Crippen LogP contribution in [0, 0.1) is 11.6 Å². The standard InChI is InChI=1S/C15H21F2N5O.HI/c1-18-13(23)8-20-15(19-2)21-10-6-7-22(9-10)14-11(16)4-3-5-12(14)17;/h3-5,10H,6-9H2,1-2H3,(H,18,23)(H2,19,20,21);1H. The van der Waals surface area contributed by atoms with Crippen LogP contribution in [0.3, 0.4) is 0 Å². The van der Waals surface area contributed by atoms with Gasteiger partial charge in [0.1, 0.15) is 17.3 Å². The number of hydrogen-bond donors (Lipinski definition) is 3. The summed E-state index contributed by atoms with van der Waals surface area (Å²) < 4.78 is 27.6. The van der Waals surface area contributed by atoms with Gasteiger partial charge in [-0.3, -0.25) is 9.79 Å². The van der Waals surface area contributed by atoms with E-state index in [9.17, 15) is 13.6 Å². The van der Waals surface area contributed by atoms with Crippen molar-refractivity contribution in [1.29, 1.82) is 0 Å². The Balaban J connectivity index is 0.00000288. The van der Waals surface area contributed by atoms with Crippen molar-refractivity contribution in [3.63, 3.8) is 0 Å². The number of carbonyl (C=O) groups excluding carboxylic acids is 1. The third-order valence-corrected chi connectivity index (χ3v) is 3.70. The van der Waals surface area contributed by atoms with Crippen molar-refractivity contribution in [3.8, 4) is 0 Å².